The van der Waals surface area contributed by atoms with Crippen molar-refractivity contribution in [1.29, 1.82) is 0 Å². The third kappa shape index (κ3) is 3.63. The van der Waals surface area contributed by atoms with Crippen LogP contribution in [0.2, 0.25) is 0 Å². The van der Waals surface area contributed by atoms with Gasteiger partial charge in [-0.2, -0.15) is 0 Å². The molecule has 0 atom stereocenters. The average molecular weight is 346 g/mol. The summed E-state index contributed by atoms with van der Waals surface area (Å²) in [5.74, 6) is 0. The zero-order valence-corrected chi connectivity index (χ0v) is 14.9. The number of nitrogens with one attached hydrogen (secondary N) is 1. The van der Waals surface area contributed by atoms with E-state index in [2.05, 4.69) is 9.71 Å². The Labute approximate surface area is 133 Å². The number of rotatable bonds is 4. The van der Waals surface area contributed by atoms with Crippen LogP contribution in [-0.2, 0) is 22.0 Å². The van der Waals surface area contributed by atoms with E-state index in [1.165, 1.54) is 22.7 Å². The maximum absolute atomic E-state index is 12.4. The van der Waals surface area contributed by atoms with Crippen molar-refractivity contribution in [3.05, 3.63) is 27.6 Å². The fraction of sp³-hybridized carbons (Fsp3) is 0.462. The number of hydrogen-bond acceptors (Lipinski definition) is 6. The number of nitrogens with zero attached hydrogens (tertiary/aromatic N) is 1. The Kier molecular flexibility index (Phi) is 4.44. The number of nitrogens with two attached hydrogens (primary N) is 1. The molecule has 0 saturated carbocycles. The van der Waals surface area contributed by atoms with Crippen LogP contribution >= 0.6 is 22.7 Å². The lowest BCUT2D eigenvalue weighted by Crippen LogP contribution is -2.14. The number of anilines is 1. The van der Waals surface area contributed by atoms with Crippen LogP contribution in [0.5, 0.6) is 0 Å². The van der Waals surface area contributed by atoms with Crippen LogP contribution in [0.4, 0.5) is 5.13 Å². The standard InChI is InChI=1S/C13H19N3O2S3/c1-8-5-11(20-9(8)6-14)21(17,18)16-12-15-10(7-19-12)13(2,3)4/h5,7H,6,14H2,1-4H3,(H,15,16). The van der Waals surface area contributed by atoms with Gasteiger partial charge in [-0.15, -0.1) is 22.7 Å². The molecule has 0 saturated heterocycles. The lowest BCUT2D eigenvalue weighted by atomic mass is 9.93. The highest BCUT2D eigenvalue weighted by Crippen LogP contribution is 2.30. The van der Waals surface area contributed by atoms with Gasteiger partial charge in [0.25, 0.3) is 10.0 Å². The van der Waals surface area contributed by atoms with Gasteiger partial charge in [-0.3, -0.25) is 4.72 Å². The molecule has 0 aliphatic heterocycles. The Balaban J connectivity index is 2.27. The highest BCUT2D eigenvalue weighted by Gasteiger charge is 2.22. The summed E-state index contributed by atoms with van der Waals surface area (Å²) in [7, 11) is -3.60. The highest BCUT2D eigenvalue weighted by molar-refractivity contribution is 7.94. The van der Waals surface area contributed by atoms with Crippen LogP contribution in [0.15, 0.2) is 15.7 Å². The molecule has 0 amide bonds. The molecule has 116 valence electrons. The first-order valence-electron chi connectivity index (χ1n) is 6.41. The van der Waals surface area contributed by atoms with Crippen LogP contribution in [0.25, 0.3) is 0 Å². The molecule has 8 heteroatoms. The van der Waals surface area contributed by atoms with Crippen molar-refractivity contribution in [3.8, 4) is 0 Å². The number of sulfonamides is 1. The fourth-order valence-corrected chi connectivity index (χ4v) is 5.31. The van der Waals surface area contributed by atoms with Crippen molar-refractivity contribution in [2.75, 3.05) is 4.72 Å². The summed E-state index contributed by atoms with van der Waals surface area (Å²) in [6.07, 6.45) is 0. The largest absolute Gasteiger partial charge is 0.326 e. The Morgan fingerprint density at radius 1 is 1.38 bits per heavy atom. The Hall–Kier alpha value is -0.960. The molecule has 0 spiro atoms. The van der Waals surface area contributed by atoms with Gasteiger partial charge < -0.3 is 5.73 Å². The van der Waals surface area contributed by atoms with Crippen molar-refractivity contribution in [1.82, 2.24) is 4.98 Å². The molecular weight excluding hydrogens is 326 g/mol. The molecule has 0 fully saturated rings. The van der Waals surface area contributed by atoms with Crippen molar-refractivity contribution in [2.45, 2.75) is 43.9 Å². The van der Waals surface area contributed by atoms with E-state index in [1.807, 2.05) is 33.1 Å². The molecule has 0 bridgehead atoms. The number of aromatic nitrogens is 1. The van der Waals surface area contributed by atoms with E-state index in [1.54, 1.807) is 6.07 Å². The first-order chi connectivity index (χ1) is 9.63. The normalized spacial score (nSPS) is 12.6. The number of hydrogen-bond donors (Lipinski definition) is 2. The minimum atomic E-state index is -3.60. The predicted octanol–water partition coefficient (Wildman–Crippen LogP) is 3.07. The van der Waals surface area contributed by atoms with Crippen molar-refractivity contribution >= 4 is 37.8 Å². The molecule has 2 rings (SSSR count). The Bertz CT molecular complexity index is 739. The zero-order chi connectivity index (χ0) is 15.8. The molecule has 0 radical (unpaired) electrons. The molecular formula is C13H19N3O2S3. The van der Waals surface area contributed by atoms with Crippen LogP contribution < -0.4 is 10.5 Å². The van der Waals surface area contributed by atoms with Gasteiger partial charge in [0.15, 0.2) is 5.13 Å². The first kappa shape index (κ1) is 16.4. The maximum Gasteiger partial charge on any atom is 0.273 e. The van der Waals surface area contributed by atoms with Gasteiger partial charge in [0.2, 0.25) is 0 Å². The summed E-state index contributed by atoms with van der Waals surface area (Å²) in [5.41, 5.74) is 7.26. The predicted molar refractivity (Wildman–Crippen MR) is 88.6 cm³/mol. The van der Waals surface area contributed by atoms with Crippen LogP contribution in [0.1, 0.15) is 36.9 Å². The molecule has 0 aromatic carbocycles. The van der Waals surface area contributed by atoms with Gasteiger partial charge in [-0.05, 0) is 18.6 Å². The van der Waals surface area contributed by atoms with E-state index in [-0.39, 0.29) is 9.62 Å². The van der Waals surface area contributed by atoms with E-state index in [9.17, 15) is 8.42 Å². The molecule has 0 aliphatic rings. The third-order valence-electron chi connectivity index (χ3n) is 2.94. The van der Waals surface area contributed by atoms with Crippen molar-refractivity contribution < 1.29 is 8.42 Å². The van der Waals surface area contributed by atoms with Gasteiger partial charge in [-0.25, -0.2) is 13.4 Å². The smallest absolute Gasteiger partial charge is 0.273 e. The van der Waals surface area contributed by atoms with Crippen molar-refractivity contribution in [2.24, 2.45) is 5.73 Å². The Morgan fingerprint density at radius 2 is 2.05 bits per heavy atom. The Morgan fingerprint density at radius 3 is 2.52 bits per heavy atom. The molecule has 2 aromatic rings. The summed E-state index contributed by atoms with van der Waals surface area (Å²) in [6.45, 7) is 8.32. The van der Waals surface area contributed by atoms with Crippen LogP contribution in [-0.4, -0.2) is 13.4 Å². The molecule has 2 heterocycles. The highest BCUT2D eigenvalue weighted by atomic mass is 32.2. The van der Waals surface area contributed by atoms with Gasteiger partial charge in [0.1, 0.15) is 4.21 Å². The summed E-state index contributed by atoms with van der Waals surface area (Å²) in [4.78, 5) is 5.23. The van der Waals surface area contributed by atoms with Gasteiger partial charge in [0.05, 0.1) is 5.69 Å². The van der Waals surface area contributed by atoms with Gasteiger partial charge in [0, 0.05) is 22.2 Å². The molecule has 3 N–H and O–H groups in total. The van der Waals surface area contributed by atoms with E-state index in [4.69, 9.17) is 5.73 Å². The van der Waals surface area contributed by atoms with E-state index in [0.717, 1.165) is 16.1 Å². The average Bonchev–Trinajstić information content (AvgIpc) is 2.94. The van der Waals surface area contributed by atoms with Crippen LogP contribution in [0, 0.1) is 6.92 Å². The number of thiazole rings is 1. The second kappa shape index (κ2) is 5.68. The summed E-state index contributed by atoms with van der Waals surface area (Å²) in [5, 5.41) is 2.27. The number of thiophene rings is 1. The van der Waals surface area contributed by atoms with Crippen LogP contribution in [0.3, 0.4) is 0 Å². The monoisotopic (exact) mass is 345 g/mol. The molecule has 2 aromatic heterocycles. The first-order valence-corrected chi connectivity index (χ1v) is 9.59. The fourth-order valence-electron chi connectivity index (χ4n) is 1.65. The molecule has 21 heavy (non-hydrogen) atoms. The topological polar surface area (TPSA) is 85.1 Å². The van der Waals surface area contributed by atoms with E-state index in [0.29, 0.717) is 11.7 Å². The zero-order valence-electron chi connectivity index (χ0n) is 12.4. The minimum Gasteiger partial charge on any atom is -0.326 e. The second-order valence-electron chi connectivity index (χ2n) is 5.77. The van der Waals surface area contributed by atoms with Gasteiger partial charge in [-0.1, -0.05) is 20.8 Å². The third-order valence-corrected chi connectivity index (χ3v) is 6.90. The lowest BCUT2D eigenvalue weighted by Gasteiger charge is -2.14. The second-order valence-corrected chi connectivity index (χ2v) is 9.67. The molecule has 0 unspecified atom stereocenters. The summed E-state index contributed by atoms with van der Waals surface area (Å²) < 4.78 is 27.5. The van der Waals surface area contributed by atoms with Crippen molar-refractivity contribution in [3.63, 3.8) is 0 Å². The SMILES string of the molecule is Cc1cc(S(=O)(=O)Nc2nc(C(C)(C)C)cs2)sc1CN. The van der Waals surface area contributed by atoms with Gasteiger partial charge >= 0.3 is 0 Å². The number of aryl methyl sites for hydroxylation is 1. The molecule has 0 aliphatic carbocycles. The maximum atomic E-state index is 12.4. The quantitative estimate of drug-likeness (QED) is 0.892. The summed E-state index contributed by atoms with van der Waals surface area (Å²) >= 11 is 2.49. The lowest BCUT2D eigenvalue weighted by molar-refractivity contribution is 0.573. The summed E-state index contributed by atoms with van der Waals surface area (Å²) in [6, 6.07) is 1.65. The molecule has 5 nitrogen and oxygen atoms in total. The van der Waals surface area contributed by atoms with E-state index < -0.39 is 10.0 Å². The minimum absolute atomic E-state index is 0.105. The van der Waals surface area contributed by atoms with E-state index >= 15 is 0 Å².